The quantitative estimate of drug-likeness (QED) is 0.581. The van der Waals surface area contributed by atoms with E-state index in [2.05, 4.69) is 5.32 Å². The third-order valence-electron chi connectivity index (χ3n) is 2.40. The summed E-state index contributed by atoms with van der Waals surface area (Å²) < 4.78 is 16.2. The van der Waals surface area contributed by atoms with Crippen LogP contribution in [0.15, 0.2) is 18.2 Å². The molecule has 3 N–H and O–H groups in total. The first-order chi connectivity index (χ1) is 9.02. The van der Waals surface area contributed by atoms with Crippen LogP contribution in [-0.4, -0.2) is 35.3 Å². The summed E-state index contributed by atoms with van der Waals surface area (Å²) in [6, 6.07) is 4.95. The van der Waals surface area contributed by atoms with Gasteiger partial charge >= 0.3 is 0 Å². The maximum Gasteiger partial charge on any atom is 0.251 e. The molecule has 0 aliphatic heterocycles. The SMILES string of the molecule is CCOc1cc(N)cc(C(=O)NCCCS(C)=O)c1. The molecule has 6 heteroatoms. The second kappa shape index (κ2) is 7.78. The summed E-state index contributed by atoms with van der Waals surface area (Å²) in [5, 5.41) is 2.77. The lowest BCUT2D eigenvalue weighted by Gasteiger charge is -2.08. The van der Waals surface area contributed by atoms with Crippen LogP contribution in [0.25, 0.3) is 0 Å². The Hall–Kier alpha value is -1.56. The van der Waals surface area contributed by atoms with Crippen molar-refractivity contribution in [3.8, 4) is 5.75 Å². The van der Waals surface area contributed by atoms with Crippen molar-refractivity contribution < 1.29 is 13.7 Å². The third kappa shape index (κ3) is 5.74. The number of amides is 1. The predicted octanol–water partition coefficient (Wildman–Crippen LogP) is 1.17. The summed E-state index contributed by atoms with van der Waals surface area (Å²) in [5.74, 6) is 0.971. The van der Waals surface area contributed by atoms with Crippen LogP contribution in [0.1, 0.15) is 23.7 Å². The standard InChI is InChI=1S/C13H20N2O3S/c1-3-18-12-8-10(7-11(14)9-12)13(16)15-5-4-6-19(2)17/h7-9H,3-6,14H2,1-2H3,(H,15,16). The molecule has 0 spiro atoms. The molecular weight excluding hydrogens is 264 g/mol. The number of ether oxygens (including phenoxy) is 1. The van der Waals surface area contributed by atoms with Crippen LogP contribution in [-0.2, 0) is 10.8 Å². The van der Waals surface area contributed by atoms with Crippen molar-refractivity contribution in [1.82, 2.24) is 5.32 Å². The molecule has 0 heterocycles. The minimum Gasteiger partial charge on any atom is -0.494 e. The largest absolute Gasteiger partial charge is 0.494 e. The van der Waals surface area contributed by atoms with E-state index < -0.39 is 10.8 Å². The van der Waals surface area contributed by atoms with Crippen molar-refractivity contribution in [2.75, 3.05) is 30.9 Å². The molecule has 106 valence electrons. The summed E-state index contributed by atoms with van der Waals surface area (Å²) in [4.78, 5) is 11.9. The molecule has 0 aromatic heterocycles. The smallest absolute Gasteiger partial charge is 0.251 e. The lowest BCUT2D eigenvalue weighted by molar-refractivity contribution is 0.0953. The van der Waals surface area contributed by atoms with E-state index in [-0.39, 0.29) is 5.91 Å². The summed E-state index contributed by atoms with van der Waals surface area (Å²) >= 11 is 0. The fourth-order valence-corrected chi connectivity index (χ4v) is 2.13. The van der Waals surface area contributed by atoms with Gasteiger partial charge in [0.1, 0.15) is 5.75 Å². The number of hydrogen-bond acceptors (Lipinski definition) is 4. The van der Waals surface area contributed by atoms with E-state index in [9.17, 15) is 9.00 Å². The van der Waals surface area contributed by atoms with Gasteiger partial charge in [-0.3, -0.25) is 9.00 Å². The number of nitrogens with one attached hydrogen (secondary N) is 1. The number of carbonyl (C=O) groups is 1. The highest BCUT2D eigenvalue weighted by Gasteiger charge is 2.08. The number of hydrogen-bond donors (Lipinski definition) is 2. The highest BCUT2D eigenvalue weighted by molar-refractivity contribution is 7.84. The second-order valence-corrected chi connectivity index (χ2v) is 5.67. The van der Waals surface area contributed by atoms with Gasteiger partial charge in [0.25, 0.3) is 5.91 Å². The number of benzene rings is 1. The van der Waals surface area contributed by atoms with Crippen LogP contribution < -0.4 is 15.8 Å². The van der Waals surface area contributed by atoms with E-state index in [1.165, 1.54) is 0 Å². The fourth-order valence-electron chi connectivity index (χ4n) is 1.58. The summed E-state index contributed by atoms with van der Waals surface area (Å²) in [6.45, 7) is 2.89. The summed E-state index contributed by atoms with van der Waals surface area (Å²) in [6.07, 6.45) is 2.34. The molecular formula is C13H20N2O3S. The molecule has 0 aliphatic carbocycles. The Balaban J connectivity index is 2.58. The number of nitrogens with two attached hydrogens (primary N) is 1. The van der Waals surface area contributed by atoms with E-state index in [0.717, 1.165) is 0 Å². The Bertz CT molecular complexity index is 463. The van der Waals surface area contributed by atoms with Crippen molar-refractivity contribution >= 4 is 22.4 Å². The van der Waals surface area contributed by atoms with Crippen molar-refractivity contribution in [2.45, 2.75) is 13.3 Å². The molecule has 0 saturated heterocycles. The summed E-state index contributed by atoms with van der Waals surface area (Å²) in [7, 11) is -0.826. The predicted molar refractivity (Wildman–Crippen MR) is 77.9 cm³/mol. The Labute approximate surface area is 116 Å². The van der Waals surface area contributed by atoms with E-state index in [1.807, 2.05) is 6.92 Å². The zero-order valence-electron chi connectivity index (χ0n) is 11.3. The first kappa shape index (κ1) is 15.5. The molecule has 1 rings (SSSR count). The van der Waals surface area contributed by atoms with Crippen LogP contribution in [0.4, 0.5) is 5.69 Å². The first-order valence-corrected chi connectivity index (χ1v) is 7.87. The second-order valence-electron chi connectivity index (χ2n) is 4.11. The van der Waals surface area contributed by atoms with Gasteiger partial charge in [-0.15, -0.1) is 0 Å². The molecule has 5 nitrogen and oxygen atoms in total. The lowest BCUT2D eigenvalue weighted by atomic mass is 10.1. The van der Waals surface area contributed by atoms with Gasteiger partial charge in [0.15, 0.2) is 0 Å². The maximum absolute atomic E-state index is 11.9. The van der Waals surface area contributed by atoms with Gasteiger partial charge in [0, 0.05) is 46.7 Å². The molecule has 0 fully saturated rings. The van der Waals surface area contributed by atoms with E-state index in [4.69, 9.17) is 10.5 Å². The monoisotopic (exact) mass is 284 g/mol. The molecule has 0 saturated carbocycles. The molecule has 1 amide bonds. The van der Waals surface area contributed by atoms with Gasteiger partial charge in [-0.05, 0) is 25.5 Å². The summed E-state index contributed by atoms with van der Waals surface area (Å²) in [5.41, 5.74) is 6.69. The van der Waals surface area contributed by atoms with Gasteiger partial charge in [-0.25, -0.2) is 0 Å². The van der Waals surface area contributed by atoms with Gasteiger partial charge < -0.3 is 15.8 Å². The molecule has 1 aromatic rings. The average Bonchev–Trinajstić information content (AvgIpc) is 2.34. The van der Waals surface area contributed by atoms with Gasteiger partial charge in [-0.1, -0.05) is 0 Å². The van der Waals surface area contributed by atoms with Gasteiger partial charge in [-0.2, -0.15) is 0 Å². The molecule has 0 aliphatic rings. The molecule has 0 bridgehead atoms. The number of nitrogen functional groups attached to an aromatic ring is 1. The Morgan fingerprint density at radius 1 is 1.42 bits per heavy atom. The first-order valence-electron chi connectivity index (χ1n) is 6.14. The minimum atomic E-state index is -0.826. The number of carbonyl (C=O) groups excluding carboxylic acids is 1. The third-order valence-corrected chi connectivity index (χ3v) is 3.26. The highest BCUT2D eigenvalue weighted by Crippen LogP contribution is 2.18. The van der Waals surface area contributed by atoms with E-state index in [1.54, 1.807) is 24.5 Å². The van der Waals surface area contributed by atoms with Crippen LogP contribution in [0, 0.1) is 0 Å². The van der Waals surface area contributed by atoms with Crippen LogP contribution >= 0.6 is 0 Å². The van der Waals surface area contributed by atoms with Crippen LogP contribution in [0.3, 0.4) is 0 Å². The van der Waals surface area contributed by atoms with E-state index >= 15 is 0 Å². The Morgan fingerprint density at radius 3 is 2.79 bits per heavy atom. The number of anilines is 1. The zero-order chi connectivity index (χ0) is 14.3. The molecule has 1 atom stereocenters. The lowest BCUT2D eigenvalue weighted by Crippen LogP contribution is -2.25. The molecule has 1 aromatic carbocycles. The fraction of sp³-hybridized carbons (Fsp3) is 0.462. The normalized spacial score (nSPS) is 11.9. The highest BCUT2D eigenvalue weighted by atomic mass is 32.2. The zero-order valence-corrected chi connectivity index (χ0v) is 12.1. The van der Waals surface area contributed by atoms with E-state index in [0.29, 0.717) is 42.3 Å². The maximum atomic E-state index is 11.9. The molecule has 0 radical (unpaired) electrons. The Kier molecular flexibility index (Phi) is 6.35. The average molecular weight is 284 g/mol. The molecule has 19 heavy (non-hydrogen) atoms. The van der Waals surface area contributed by atoms with Crippen molar-refractivity contribution in [3.63, 3.8) is 0 Å². The van der Waals surface area contributed by atoms with Crippen LogP contribution in [0.5, 0.6) is 5.75 Å². The minimum absolute atomic E-state index is 0.199. The Morgan fingerprint density at radius 2 is 2.16 bits per heavy atom. The van der Waals surface area contributed by atoms with Gasteiger partial charge in [0.2, 0.25) is 0 Å². The topological polar surface area (TPSA) is 81.4 Å². The number of rotatable bonds is 7. The van der Waals surface area contributed by atoms with Gasteiger partial charge in [0.05, 0.1) is 6.61 Å². The molecule has 1 unspecified atom stereocenters. The van der Waals surface area contributed by atoms with Crippen molar-refractivity contribution in [2.24, 2.45) is 0 Å². The van der Waals surface area contributed by atoms with Crippen molar-refractivity contribution in [1.29, 1.82) is 0 Å². The van der Waals surface area contributed by atoms with Crippen LogP contribution in [0.2, 0.25) is 0 Å². The van der Waals surface area contributed by atoms with Crippen molar-refractivity contribution in [3.05, 3.63) is 23.8 Å².